The van der Waals surface area contributed by atoms with Crippen molar-refractivity contribution >= 4 is 0 Å². The van der Waals surface area contributed by atoms with Gasteiger partial charge in [-0.1, -0.05) is 17.3 Å². The molecule has 5 heteroatoms. The van der Waals surface area contributed by atoms with Gasteiger partial charge in [-0.05, 0) is 25.1 Å². The van der Waals surface area contributed by atoms with Crippen LogP contribution in [0.4, 0.5) is 0 Å². The molecule has 0 amide bonds. The second kappa shape index (κ2) is 4.78. The van der Waals surface area contributed by atoms with Gasteiger partial charge in [0.25, 0.3) is 0 Å². The fourth-order valence-electron chi connectivity index (χ4n) is 2.15. The van der Waals surface area contributed by atoms with Crippen molar-refractivity contribution in [2.24, 2.45) is 0 Å². The van der Waals surface area contributed by atoms with Gasteiger partial charge in [0.05, 0.1) is 13.0 Å². The molecule has 1 aromatic carbocycles. The van der Waals surface area contributed by atoms with E-state index in [0.29, 0.717) is 11.7 Å². The maximum atomic E-state index is 5.33. The molecule has 1 atom stereocenters. The smallest absolute Gasteiger partial charge is 0.231 e. The first kappa shape index (κ1) is 11.2. The third kappa shape index (κ3) is 2.09. The number of aromatic nitrogens is 2. The summed E-state index contributed by atoms with van der Waals surface area (Å²) in [6, 6.07) is 7.66. The molecule has 1 N–H and O–H groups in total. The number of nitrogens with zero attached hydrogens (tertiary/aromatic N) is 2. The highest BCUT2D eigenvalue weighted by Crippen LogP contribution is 2.25. The highest BCUT2D eigenvalue weighted by Gasteiger charge is 2.23. The molecule has 94 valence electrons. The molecular weight excluding hydrogens is 230 g/mol. The Balaban J connectivity index is 1.87. The van der Waals surface area contributed by atoms with E-state index >= 15 is 0 Å². The summed E-state index contributed by atoms with van der Waals surface area (Å²) < 4.78 is 10.5. The Hall–Kier alpha value is -1.88. The Bertz CT molecular complexity index is 533. The minimum atomic E-state index is 0.344. The van der Waals surface area contributed by atoms with Crippen LogP contribution in [0.1, 0.15) is 18.2 Å². The number of methoxy groups -OCH3 is 1. The molecule has 3 rings (SSSR count). The highest BCUT2D eigenvalue weighted by molar-refractivity contribution is 5.56. The van der Waals surface area contributed by atoms with E-state index in [4.69, 9.17) is 9.26 Å². The third-order valence-corrected chi connectivity index (χ3v) is 3.18. The monoisotopic (exact) mass is 245 g/mol. The van der Waals surface area contributed by atoms with E-state index in [-0.39, 0.29) is 0 Å². The van der Waals surface area contributed by atoms with Crippen LogP contribution in [-0.2, 0) is 0 Å². The summed E-state index contributed by atoms with van der Waals surface area (Å²) in [5.41, 5.74) is 0.912. The topological polar surface area (TPSA) is 60.2 Å². The van der Waals surface area contributed by atoms with Crippen LogP contribution < -0.4 is 10.1 Å². The van der Waals surface area contributed by atoms with Gasteiger partial charge < -0.3 is 14.6 Å². The van der Waals surface area contributed by atoms with Crippen molar-refractivity contribution in [2.45, 2.75) is 12.3 Å². The molecule has 1 aliphatic rings. The molecule has 5 nitrogen and oxygen atoms in total. The summed E-state index contributed by atoms with van der Waals surface area (Å²) in [4.78, 5) is 4.46. The first-order valence-corrected chi connectivity index (χ1v) is 6.05. The Morgan fingerprint density at radius 3 is 3.17 bits per heavy atom. The van der Waals surface area contributed by atoms with E-state index in [9.17, 15) is 0 Å². The zero-order valence-electron chi connectivity index (χ0n) is 10.2. The van der Waals surface area contributed by atoms with E-state index in [0.717, 1.165) is 36.7 Å². The largest absolute Gasteiger partial charge is 0.497 e. The lowest BCUT2D eigenvalue weighted by molar-refractivity contribution is 0.359. The van der Waals surface area contributed by atoms with Crippen LogP contribution in [-0.4, -0.2) is 30.3 Å². The third-order valence-electron chi connectivity index (χ3n) is 3.18. The number of hydrogen-bond acceptors (Lipinski definition) is 5. The Morgan fingerprint density at radius 2 is 2.39 bits per heavy atom. The minimum Gasteiger partial charge on any atom is -0.497 e. The van der Waals surface area contributed by atoms with Gasteiger partial charge in [-0.15, -0.1) is 0 Å². The van der Waals surface area contributed by atoms with Gasteiger partial charge >= 0.3 is 0 Å². The minimum absolute atomic E-state index is 0.344. The van der Waals surface area contributed by atoms with Crippen molar-refractivity contribution in [3.8, 4) is 17.1 Å². The molecule has 0 saturated carbocycles. The lowest BCUT2D eigenvalue weighted by Gasteiger charge is -2.00. The van der Waals surface area contributed by atoms with Gasteiger partial charge in [-0.25, -0.2) is 0 Å². The van der Waals surface area contributed by atoms with Gasteiger partial charge in [0.1, 0.15) is 5.75 Å². The highest BCUT2D eigenvalue weighted by atomic mass is 16.5. The maximum Gasteiger partial charge on any atom is 0.231 e. The summed E-state index contributed by atoms with van der Waals surface area (Å²) >= 11 is 0. The Morgan fingerprint density at radius 1 is 1.44 bits per heavy atom. The van der Waals surface area contributed by atoms with Crippen LogP contribution in [0.5, 0.6) is 5.75 Å². The summed E-state index contributed by atoms with van der Waals surface area (Å²) in [6.07, 6.45) is 1.06. The van der Waals surface area contributed by atoms with E-state index in [1.165, 1.54) is 0 Å². The molecule has 1 aromatic heterocycles. The van der Waals surface area contributed by atoms with E-state index in [1.54, 1.807) is 7.11 Å². The average Bonchev–Trinajstić information content (AvgIpc) is 3.09. The van der Waals surface area contributed by atoms with E-state index in [2.05, 4.69) is 15.5 Å². The lowest BCUT2D eigenvalue weighted by Crippen LogP contribution is -2.08. The molecule has 2 aromatic rings. The molecule has 0 radical (unpaired) electrons. The SMILES string of the molecule is COc1cccc(-c2noc(C3CCNC3)n2)c1. The molecule has 1 saturated heterocycles. The normalized spacial score (nSPS) is 19.1. The van der Waals surface area contributed by atoms with Crippen molar-refractivity contribution in [2.75, 3.05) is 20.2 Å². The number of rotatable bonds is 3. The summed E-state index contributed by atoms with van der Waals surface area (Å²) in [6.45, 7) is 1.93. The van der Waals surface area contributed by atoms with Crippen LogP contribution in [0.25, 0.3) is 11.4 Å². The van der Waals surface area contributed by atoms with Crippen molar-refractivity contribution in [1.29, 1.82) is 0 Å². The molecule has 0 bridgehead atoms. The van der Waals surface area contributed by atoms with Gasteiger partial charge in [0.15, 0.2) is 0 Å². The predicted octanol–water partition coefficient (Wildman–Crippen LogP) is 1.82. The molecule has 0 aliphatic carbocycles. The summed E-state index contributed by atoms with van der Waals surface area (Å²) in [5.74, 6) is 2.48. The maximum absolute atomic E-state index is 5.33. The van der Waals surface area contributed by atoms with Crippen molar-refractivity contribution in [3.05, 3.63) is 30.2 Å². The first-order chi connectivity index (χ1) is 8.86. The second-order valence-corrected chi connectivity index (χ2v) is 4.38. The van der Waals surface area contributed by atoms with E-state index in [1.807, 2.05) is 24.3 Å². The average molecular weight is 245 g/mol. The Kier molecular flexibility index (Phi) is 2.98. The molecule has 18 heavy (non-hydrogen) atoms. The van der Waals surface area contributed by atoms with Crippen LogP contribution in [0.2, 0.25) is 0 Å². The molecule has 0 spiro atoms. The fraction of sp³-hybridized carbons (Fsp3) is 0.385. The van der Waals surface area contributed by atoms with Crippen molar-refractivity contribution < 1.29 is 9.26 Å². The van der Waals surface area contributed by atoms with Crippen molar-refractivity contribution in [1.82, 2.24) is 15.5 Å². The molecule has 1 aliphatic heterocycles. The number of benzene rings is 1. The van der Waals surface area contributed by atoms with Crippen LogP contribution in [0.15, 0.2) is 28.8 Å². The standard InChI is InChI=1S/C13H15N3O2/c1-17-11-4-2-3-9(7-11)12-15-13(18-16-12)10-5-6-14-8-10/h2-4,7,10,14H,5-6,8H2,1H3. The second-order valence-electron chi connectivity index (χ2n) is 4.38. The molecule has 2 heterocycles. The number of nitrogens with one attached hydrogen (secondary N) is 1. The fourth-order valence-corrected chi connectivity index (χ4v) is 2.15. The van der Waals surface area contributed by atoms with Crippen molar-refractivity contribution in [3.63, 3.8) is 0 Å². The summed E-state index contributed by atoms with van der Waals surface area (Å²) in [7, 11) is 1.64. The summed E-state index contributed by atoms with van der Waals surface area (Å²) in [5, 5.41) is 7.33. The Labute approximate surface area is 105 Å². The first-order valence-electron chi connectivity index (χ1n) is 6.05. The zero-order valence-corrected chi connectivity index (χ0v) is 10.2. The van der Waals surface area contributed by atoms with E-state index < -0.39 is 0 Å². The lowest BCUT2D eigenvalue weighted by atomic mass is 10.1. The van der Waals surface area contributed by atoms with Gasteiger partial charge in [0.2, 0.25) is 11.7 Å². The quantitative estimate of drug-likeness (QED) is 0.893. The predicted molar refractivity (Wildman–Crippen MR) is 66.5 cm³/mol. The zero-order chi connectivity index (χ0) is 12.4. The number of ether oxygens (including phenoxy) is 1. The number of hydrogen-bond donors (Lipinski definition) is 1. The van der Waals surface area contributed by atoms with Gasteiger partial charge in [-0.2, -0.15) is 4.98 Å². The van der Waals surface area contributed by atoms with Crippen LogP contribution in [0.3, 0.4) is 0 Å². The van der Waals surface area contributed by atoms with Crippen LogP contribution in [0, 0.1) is 0 Å². The molecular formula is C13H15N3O2. The van der Waals surface area contributed by atoms with Crippen LogP contribution >= 0.6 is 0 Å². The van der Waals surface area contributed by atoms with Gasteiger partial charge in [0, 0.05) is 12.1 Å². The molecule has 1 unspecified atom stereocenters. The van der Waals surface area contributed by atoms with Gasteiger partial charge in [-0.3, -0.25) is 0 Å². The molecule has 1 fully saturated rings.